The van der Waals surface area contributed by atoms with Gasteiger partial charge in [-0.3, -0.25) is 4.57 Å². The van der Waals surface area contributed by atoms with Gasteiger partial charge in [0, 0.05) is 22.5 Å². The number of carbonyl (C=O) groups excluding carboxylic acids is 1. The Morgan fingerprint density at radius 1 is 1.23 bits per heavy atom. The third kappa shape index (κ3) is 2.99. The van der Waals surface area contributed by atoms with Crippen molar-refractivity contribution in [2.45, 2.75) is 56.6 Å². The lowest BCUT2D eigenvalue weighted by Gasteiger charge is -2.69. The topological polar surface area (TPSA) is 81.9 Å². The maximum absolute atomic E-state index is 14.7. The molecule has 3 fully saturated rings. The monoisotopic (exact) mass is 427 g/mol. The van der Waals surface area contributed by atoms with Crippen LogP contribution in [-0.4, -0.2) is 37.0 Å². The van der Waals surface area contributed by atoms with Crippen LogP contribution in [0.4, 0.5) is 9.18 Å². The molecule has 0 unspecified atom stereocenters. The van der Waals surface area contributed by atoms with Crippen LogP contribution < -0.4 is 5.32 Å². The van der Waals surface area contributed by atoms with Crippen LogP contribution in [-0.2, 0) is 10.2 Å². The number of alkyl carbamates (subject to hydrolysis) is 1. The molecule has 3 aromatic rings. The van der Waals surface area contributed by atoms with Crippen molar-refractivity contribution in [3.63, 3.8) is 0 Å². The number of halogens is 1. The van der Waals surface area contributed by atoms with Gasteiger partial charge in [-0.05, 0) is 52.2 Å². The van der Waals surface area contributed by atoms with E-state index in [0.717, 1.165) is 19.3 Å². The van der Waals surface area contributed by atoms with Crippen molar-refractivity contribution in [1.82, 2.24) is 25.1 Å². The molecule has 0 atom stereocenters. The first-order valence-corrected chi connectivity index (χ1v) is 10.7. The van der Waals surface area contributed by atoms with Gasteiger partial charge in [0.15, 0.2) is 10.8 Å². The summed E-state index contributed by atoms with van der Waals surface area (Å²) in [5.41, 5.74) is -0.657. The van der Waals surface area contributed by atoms with E-state index in [2.05, 4.69) is 20.5 Å². The standard InChI is InChI=1S/C21H22FN5O2S/c1-19(2,3)29-18(28)24-21-10-20(11-21,12-21)17-26-25-15(16-23-8-9-30-16)27(17)14-7-5-4-6-13(14)22/h4-9H,10-12H2,1-3H3,(H,24,28). The number of thiazole rings is 1. The number of amides is 1. The molecule has 156 valence electrons. The maximum Gasteiger partial charge on any atom is 0.408 e. The van der Waals surface area contributed by atoms with Gasteiger partial charge in [-0.2, -0.15) is 0 Å². The molecule has 2 bridgehead atoms. The summed E-state index contributed by atoms with van der Waals surface area (Å²) in [5.74, 6) is 0.902. The van der Waals surface area contributed by atoms with Gasteiger partial charge in [0.1, 0.15) is 17.2 Å². The summed E-state index contributed by atoms with van der Waals surface area (Å²) in [6, 6.07) is 6.60. The van der Waals surface area contributed by atoms with Gasteiger partial charge in [0.2, 0.25) is 0 Å². The van der Waals surface area contributed by atoms with Crippen LogP contribution in [0.5, 0.6) is 0 Å². The fraction of sp³-hybridized carbons (Fsp3) is 0.429. The second kappa shape index (κ2) is 6.34. The molecule has 6 rings (SSSR count). The van der Waals surface area contributed by atoms with E-state index in [9.17, 15) is 9.18 Å². The van der Waals surface area contributed by atoms with Crippen LogP contribution >= 0.6 is 11.3 Å². The van der Waals surface area contributed by atoms with E-state index in [-0.39, 0.29) is 16.8 Å². The Bertz CT molecular complexity index is 1100. The first-order valence-electron chi connectivity index (χ1n) is 9.82. The zero-order valence-corrected chi connectivity index (χ0v) is 17.8. The van der Waals surface area contributed by atoms with E-state index in [1.165, 1.54) is 17.4 Å². The van der Waals surface area contributed by atoms with Crippen molar-refractivity contribution in [3.8, 4) is 16.5 Å². The number of para-hydroxylation sites is 1. The van der Waals surface area contributed by atoms with Crippen LogP contribution in [0.15, 0.2) is 35.8 Å². The van der Waals surface area contributed by atoms with Crippen LogP contribution in [0.1, 0.15) is 45.9 Å². The molecule has 0 aliphatic heterocycles. The van der Waals surface area contributed by atoms with Crippen molar-refractivity contribution in [1.29, 1.82) is 0 Å². The van der Waals surface area contributed by atoms with Crippen molar-refractivity contribution in [2.24, 2.45) is 0 Å². The average Bonchev–Trinajstić information content (AvgIpc) is 3.25. The molecule has 3 aliphatic carbocycles. The molecule has 3 saturated carbocycles. The SMILES string of the molecule is CC(C)(C)OC(=O)NC12CC(c3nnc(-c4nccs4)n3-c3ccccc3F)(C1)C2. The third-order valence-electron chi connectivity index (χ3n) is 5.65. The first kappa shape index (κ1) is 19.2. The van der Waals surface area contributed by atoms with Crippen LogP contribution in [0.3, 0.4) is 0 Å². The highest BCUT2D eigenvalue weighted by molar-refractivity contribution is 7.13. The zero-order valence-electron chi connectivity index (χ0n) is 17.0. The Morgan fingerprint density at radius 2 is 1.97 bits per heavy atom. The van der Waals surface area contributed by atoms with Gasteiger partial charge >= 0.3 is 6.09 Å². The third-order valence-corrected chi connectivity index (χ3v) is 6.42. The van der Waals surface area contributed by atoms with Gasteiger partial charge in [-0.1, -0.05) is 12.1 Å². The molecular formula is C21H22FN5O2S. The summed E-state index contributed by atoms with van der Waals surface area (Å²) in [5, 5.41) is 14.4. The Kier molecular flexibility index (Phi) is 4.05. The lowest BCUT2D eigenvalue weighted by atomic mass is 9.39. The second-order valence-corrected chi connectivity index (χ2v) is 10.1. The summed E-state index contributed by atoms with van der Waals surface area (Å²) in [4.78, 5) is 16.5. The van der Waals surface area contributed by atoms with Crippen molar-refractivity contribution >= 4 is 17.4 Å². The second-order valence-electron chi connectivity index (χ2n) is 9.19. The van der Waals surface area contributed by atoms with Crippen molar-refractivity contribution < 1.29 is 13.9 Å². The van der Waals surface area contributed by atoms with Crippen LogP contribution in [0.25, 0.3) is 16.5 Å². The maximum atomic E-state index is 14.7. The fourth-order valence-electron chi connectivity index (χ4n) is 4.64. The van der Waals surface area contributed by atoms with E-state index in [1.807, 2.05) is 26.2 Å². The molecule has 0 saturated heterocycles. The lowest BCUT2D eigenvalue weighted by Crippen LogP contribution is -2.77. The van der Waals surface area contributed by atoms with E-state index in [0.29, 0.717) is 22.3 Å². The Morgan fingerprint density at radius 3 is 2.60 bits per heavy atom. The van der Waals surface area contributed by atoms with Crippen molar-refractivity contribution in [3.05, 3.63) is 47.5 Å². The number of aromatic nitrogens is 4. The van der Waals surface area contributed by atoms with Gasteiger partial charge in [-0.15, -0.1) is 21.5 Å². The summed E-state index contributed by atoms with van der Waals surface area (Å²) in [7, 11) is 0. The van der Waals surface area contributed by atoms with E-state index in [4.69, 9.17) is 4.74 Å². The highest BCUT2D eigenvalue weighted by Gasteiger charge is 2.71. The summed E-state index contributed by atoms with van der Waals surface area (Å²) in [6.07, 6.45) is 3.47. The number of hydrogen-bond acceptors (Lipinski definition) is 6. The smallest absolute Gasteiger partial charge is 0.408 e. The predicted molar refractivity (Wildman–Crippen MR) is 110 cm³/mol. The molecular weight excluding hydrogens is 405 g/mol. The van der Waals surface area contributed by atoms with E-state index in [1.54, 1.807) is 29.0 Å². The molecule has 7 nitrogen and oxygen atoms in total. The largest absolute Gasteiger partial charge is 0.444 e. The van der Waals surface area contributed by atoms with Gasteiger partial charge in [-0.25, -0.2) is 14.2 Å². The lowest BCUT2D eigenvalue weighted by molar-refractivity contribution is -0.0944. The first-order chi connectivity index (χ1) is 14.2. The van der Waals surface area contributed by atoms with Crippen LogP contribution in [0, 0.1) is 5.82 Å². The highest BCUT2D eigenvalue weighted by Crippen LogP contribution is 2.67. The number of carbonyl (C=O) groups is 1. The minimum absolute atomic E-state index is 0.236. The number of ether oxygens (including phenoxy) is 1. The zero-order chi connectivity index (χ0) is 21.1. The van der Waals surface area contributed by atoms with E-state index >= 15 is 0 Å². The number of benzene rings is 1. The fourth-order valence-corrected chi connectivity index (χ4v) is 5.25. The molecule has 3 aliphatic rings. The predicted octanol–water partition coefficient (Wildman–Crippen LogP) is 4.23. The number of nitrogens with one attached hydrogen (secondary N) is 1. The van der Waals surface area contributed by atoms with Gasteiger partial charge < -0.3 is 10.1 Å². The Hall–Kier alpha value is -2.81. The molecule has 1 aromatic carbocycles. The minimum Gasteiger partial charge on any atom is -0.444 e. The molecule has 0 radical (unpaired) electrons. The molecule has 0 spiro atoms. The quantitative estimate of drug-likeness (QED) is 0.674. The summed E-state index contributed by atoms with van der Waals surface area (Å²) < 4.78 is 21.9. The molecule has 9 heteroatoms. The molecule has 1 N–H and O–H groups in total. The Labute approximate surface area is 177 Å². The van der Waals surface area contributed by atoms with Crippen molar-refractivity contribution in [2.75, 3.05) is 0 Å². The minimum atomic E-state index is -0.543. The van der Waals surface area contributed by atoms with Gasteiger partial charge in [0.05, 0.1) is 5.69 Å². The summed E-state index contributed by atoms with van der Waals surface area (Å²) in [6.45, 7) is 5.52. The molecule has 2 heterocycles. The Balaban J connectivity index is 1.45. The number of nitrogens with zero attached hydrogens (tertiary/aromatic N) is 4. The van der Waals surface area contributed by atoms with E-state index < -0.39 is 11.7 Å². The van der Waals surface area contributed by atoms with Crippen LogP contribution in [0.2, 0.25) is 0 Å². The molecule has 30 heavy (non-hydrogen) atoms. The van der Waals surface area contributed by atoms with Gasteiger partial charge in [0.25, 0.3) is 0 Å². The highest BCUT2D eigenvalue weighted by atomic mass is 32.1. The normalized spacial score (nSPS) is 24.7. The molecule has 2 aromatic heterocycles. The number of hydrogen-bond donors (Lipinski definition) is 1. The molecule has 1 amide bonds. The average molecular weight is 428 g/mol. The number of rotatable bonds is 4. The summed E-state index contributed by atoms with van der Waals surface area (Å²) >= 11 is 1.44.